The van der Waals surface area contributed by atoms with Gasteiger partial charge in [-0.1, -0.05) is 54.1 Å². The molecule has 1 aliphatic rings. The molecular weight excluding hydrogens is 286 g/mol. The number of nitrogens with zero attached hydrogens (tertiary/aromatic N) is 1. The van der Waals surface area contributed by atoms with Gasteiger partial charge < -0.3 is 0 Å². The van der Waals surface area contributed by atoms with Crippen LogP contribution >= 0.6 is 0 Å². The number of hydrogen-bond donors (Lipinski definition) is 0. The zero-order valence-electron chi connectivity index (χ0n) is 11.5. The van der Waals surface area contributed by atoms with Crippen LogP contribution in [0.25, 0.3) is 6.08 Å². The molecule has 0 saturated carbocycles. The lowest BCUT2D eigenvalue weighted by Gasteiger charge is -2.01. The summed E-state index contributed by atoms with van der Waals surface area (Å²) in [6.45, 7) is 1.91. The fourth-order valence-electron chi connectivity index (χ4n) is 1.95. The van der Waals surface area contributed by atoms with E-state index in [1.165, 1.54) is 0 Å². The Morgan fingerprint density at radius 3 is 2.38 bits per heavy atom. The van der Waals surface area contributed by atoms with Gasteiger partial charge in [-0.15, -0.1) is 0 Å². The van der Waals surface area contributed by atoms with Crippen molar-refractivity contribution in [2.24, 2.45) is 0 Å². The summed E-state index contributed by atoms with van der Waals surface area (Å²) < 4.78 is 25.6. The average Bonchev–Trinajstić information content (AvgIpc) is 3.27. The first-order valence-electron chi connectivity index (χ1n) is 6.58. The maximum atomic E-state index is 12.3. The Balaban J connectivity index is 1.72. The normalized spacial score (nSPS) is 21.6. The summed E-state index contributed by atoms with van der Waals surface area (Å²) in [5.41, 5.74) is 2.02. The molecule has 1 fully saturated rings. The molecule has 1 heterocycles. The van der Waals surface area contributed by atoms with Crippen molar-refractivity contribution in [1.29, 1.82) is 0 Å². The second kappa shape index (κ2) is 5.44. The molecule has 1 saturated heterocycles. The van der Waals surface area contributed by atoms with Gasteiger partial charge in [0.15, 0.2) is 6.23 Å². The molecule has 21 heavy (non-hydrogen) atoms. The van der Waals surface area contributed by atoms with E-state index in [2.05, 4.69) is 0 Å². The third-order valence-corrected chi connectivity index (χ3v) is 4.82. The summed E-state index contributed by atoms with van der Waals surface area (Å²) in [6, 6.07) is 16.4. The third-order valence-electron chi connectivity index (χ3n) is 3.18. The number of hydroxylamine groups is 1. The van der Waals surface area contributed by atoms with Crippen molar-refractivity contribution >= 4 is 16.1 Å². The second-order valence-corrected chi connectivity index (χ2v) is 6.62. The van der Waals surface area contributed by atoms with E-state index in [0.717, 1.165) is 15.6 Å². The Hall–Kier alpha value is -1.95. The average molecular weight is 301 g/mol. The maximum Gasteiger partial charge on any atom is 0.267 e. The Kier molecular flexibility index (Phi) is 3.63. The molecule has 108 valence electrons. The largest absolute Gasteiger partial charge is 0.267 e. The number of sulfonamides is 1. The van der Waals surface area contributed by atoms with E-state index in [1.807, 2.05) is 43.3 Å². The van der Waals surface area contributed by atoms with Crippen LogP contribution in [-0.2, 0) is 14.9 Å². The Morgan fingerprint density at radius 2 is 1.71 bits per heavy atom. The van der Waals surface area contributed by atoms with Crippen LogP contribution in [-0.4, -0.2) is 19.1 Å². The molecule has 4 nitrogen and oxygen atoms in total. The first-order valence-corrected chi connectivity index (χ1v) is 8.02. The van der Waals surface area contributed by atoms with Gasteiger partial charge in [0.2, 0.25) is 0 Å². The SMILES string of the molecule is Cc1ccc(S(=O)(=O)N2O[C@H]2/C=C/c2ccccc2)cc1. The molecule has 1 unspecified atom stereocenters. The molecule has 5 heteroatoms. The molecule has 2 atom stereocenters. The monoisotopic (exact) mass is 301 g/mol. The van der Waals surface area contributed by atoms with Crippen LogP contribution < -0.4 is 0 Å². The minimum absolute atomic E-state index is 0.240. The lowest BCUT2D eigenvalue weighted by Crippen LogP contribution is -2.13. The highest BCUT2D eigenvalue weighted by Crippen LogP contribution is 2.31. The van der Waals surface area contributed by atoms with Crippen molar-refractivity contribution in [3.8, 4) is 0 Å². The predicted molar refractivity (Wildman–Crippen MR) is 80.6 cm³/mol. The number of rotatable bonds is 4. The topological polar surface area (TPSA) is 49.7 Å². The van der Waals surface area contributed by atoms with Gasteiger partial charge in [0.1, 0.15) is 0 Å². The quantitative estimate of drug-likeness (QED) is 0.816. The van der Waals surface area contributed by atoms with E-state index in [1.54, 1.807) is 30.3 Å². The van der Waals surface area contributed by atoms with Gasteiger partial charge in [0.05, 0.1) is 4.90 Å². The summed E-state index contributed by atoms with van der Waals surface area (Å²) in [5.74, 6) is 0. The molecule has 0 N–H and O–H groups in total. The van der Waals surface area contributed by atoms with Crippen LogP contribution in [0.4, 0.5) is 0 Å². The molecule has 1 aliphatic heterocycles. The van der Waals surface area contributed by atoms with E-state index >= 15 is 0 Å². The molecule has 0 amide bonds. The van der Waals surface area contributed by atoms with E-state index < -0.39 is 16.3 Å². The van der Waals surface area contributed by atoms with Gasteiger partial charge >= 0.3 is 0 Å². The molecule has 2 aromatic carbocycles. The predicted octanol–water partition coefficient (Wildman–Crippen LogP) is 2.97. The zero-order valence-corrected chi connectivity index (χ0v) is 12.3. The fourth-order valence-corrected chi connectivity index (χ4v) is 3.18. The van der Waals surface area contributed by atoms with Gasteiger partial charge in [-0.25, -0.2) is 8.42 Å². The summed E-state index contributed by atoms with van der Waals surface area (Å²) in [7, 11) is -3.58. The summed E-state index contributed by atoms with van der Waals surface area (Å²) in [6.07, 6.45) is 3.03. The highest BCUT2D eigenvalue weighted by atomic mass is 32.2. The lowest BCUT2D eigenvalue weighted by molar-refractivity contribution is 0.288. The van der Waals surface area contributed by atoms with E-state index in [9.17, 15) is 8.42 Å². The van der Waals surface area contributed by atoms with Gasteiger partial charge in [0, 0.05) is 0 Å². The number of aryl methyl sites for hydroxylation is 1. The third kappa shape index (κ3) is 3.05. The minimum atomic E-state index is -3.58. The van der Waals surface area contributed by atoms with Gasteiger partial charge in [-0.3, -0.25) is 4.84 Å². The number of benzene rings is 2. The van der Waals surface area contributed by atoms with Crippen molar-refractivity contribution in [3.05, 3.63) is 71.8 Å². The molecule has 0 radical (unpaired) electrons. The van der Waals surface area contributed by atoms with Crippen molar-refractivity contribution in [2.45, 2.75) is 18.0 Å². The smallest absolute Gasteiger partial charge is 0.254 e. The van der Waals surface area contributed by atoms with Crippen molar-refractivity contribution < 1.29 is 13.3 Å². The zero-order chi connectivity index (χ0) is 14.9. The minimum Gasteiger partial charge on any atom is -0.254 e. The molecule has 0 spiro atoms. The van der Waals surface area contributed by atoms with Crippen LogP contribution in [0.3, 0.4) is 0 Å². The van der Waals surface area contributed by atoms with Gasteiger partial charge in [0.25, 0.3) is 10.0 Å². The van der Waals surface area contributed by atoms with Crippen LogP contribution in [0.5, 0.6) is 0 Å². The highest BCUT2D eigenvalue weighted by Gasteiger charge is 2.45. The van der Waals surface area contributed by atoms with E-state index in [4.69, 9.17) is 4.84 Å². The molecular formula is C16H15NO3S. The lowest BCUT2D eigenvalue weighted by atomic mass is 10.2. The Bertz CT molecular complexity index is 752. The Labute approximate surface area is 124 Å². The summed E-state index contributed by atoms with van der Waals surface area (Å²) >= 11 is 0. The van der Waals surface area contributed by atoms with Crippen LogP contribution in [0, 0.1) is 6.92 Å². The molecule has 0 aliphatic carbocycles. The second-order valence-electron chi connectivity index (χ2n) is 4.84. The fraction of sp³-hybridized carbons (Fsp3) is 0.125. The molecule has 0 aromatic heterocycles. The van der Waals surface area contributed by atoms with E-state index in [-0.39, 0.29) is 4.90 Å². The first kappa shape index (κ1) is 14.0. The van der Waals surface area contributed by atoms with Crippen molar-refractivity contribution in [1.82, 2.24) is 4.47 Å². The maximum absolute atomic E-state index is 12.3. The van der Waals surface area contributed by atoms with Crippen LogP contribution in [0.2, 0.25) is 0 Å². The first-order chi connectivity index (χ1) is 10.1. The van der Waals surface area contributed by atoms with Gasteiger partial charge in [-0.2, -0.15) is 0 Å². The van der Waals surface area contributed by atoms with Crippen LogP contribution in [0.1, 0.15) is 11.1 Å². The van der Waals surface area contributed by atoms with Crippen molar-refractivity contribution in [2.75, 3.05) is 0 Å². The molecule has 0 bridgehead atoms. The summed E-state index contributed by atoms with van der Waals surface area (Å²) in [5, 5.41) is 0. The molecule has 3 rings (SSSR count). The molecule has 2 aromatic rings. The van der Waals surface area contributed by atoms with Crippen molar-refractivity contribution in [3.63, 3.8) is 0 Å². The van der Waals surface area contributed by atoms with Gasteiger partial charge in [-0.05, 0) is 35.2 Å². The Morgan fingerprint density at radius 1 is 1.05 bits per heavy atom. The standard InChI is InChI=1S/C16H15NO3S/c1-13-7-10-15(11-8-13)21(18,19)17-16(20-17)12-9-14-5-3-2-4-6-14/h2-12,16H,1H3/b12-9+/t16-,17?/m0/s1. The summed E-state index contributed by atoms with van der Waals surface area (Å²) in [4.78, 5) is 5.39. The number of hydrogen-bond acceptors (Lipinski definition) is 3. The van der Waals surface area contributed by atoms with E-state index in [0.29, 0.717) is 0 Å². The van der Waals surface area contributed by atoms with Crippen LogP contribution in [0.15, 0.2) is 65.6 Å². The highest BCUT2D eigenvalue weighted by molar-refractivity contribution is 7.89.